The first-order valence-corrected chi connectivity index (χ1v) is 16.0. The van der Waals surface area contributed by atoms with Crippen molar-refractivity contribution in [2.24, 2.45) is 0 Å². The molecule has 11 heteroatoms. The Kier molecular flexibility index (Phi) is 7.65. The zero-order chi connectivity index (χ0) is 32.0. The SMILES string of the molecule is Fc1cc(OCCN2CCCC2)cc(-c2cccc3[nH]c(-c4[nH]nc5ncc(-c6cncc(CN7CCC(F)(F)C7)c6)cc45)cc23)c1. The smallest absolute Gasteiger partial charge is 0.261 e. The normalized spacial score (nSPS) is 16.9. The van der Waals surface area contributed by atoms with Gasteiger partial charge in [-0.1, -0.05) is 12.1 Å². The summed E-state index contributed by atoms with van der Waals surface area (Å²) in [5, 5.41) is 9.34. The Morgan fingerprint density at radius 1 is 0.872 bits per heavy atom. The molecular weight excluding hydrogens is 603 g/mol. The van der Waals surface area contributed by atoms with Gasteiger partial charge >= 0.3 is 0 Å². The van der Waals surface area contributed by atoms with Gasteiger partial charge in [-0.25, -0.2) is 18.2 Å². The van der Waals surface area contributed by atoms with Gasteiger partial charge in [0.1, 0.15) is 18.2 Å². The van der Waals surface area contributed by atoms with Crippen LogP contribution in [0.15, 0.2) is 73.2 Å². The number of alkyl halides is 2. The zero-order valence-corrected chi connectivity index (χ0v) is 25.8. The molecule has 0 saturated carbocycles. The quantitative estimate of drug-likeness (QED) is 0.173. The number of aromatic amines is 2. The molecule has 8 nitrogen and oxygen atoms in total. The molecule has 0 aliphatic carbocycles. The average molecular weight is 638 g/mol. The van der Waals surface area contributed by atoms with Crippen LogP contribution < -0.4 is 4.74 Å². The predicted octanol–water partition coefficient (Wildman–Crippen LogP) is 7.29. The first-order valence-electron chi connectivity index (χ1n) is 16.0. The summed E-state index contributed by atoms with van der Waals surface area (Å²) in [5.41, 5.74) is 7.22. The molecule has 0 spiro atoms. The van der Waals surface area contributed by atoms with E-state index >= 15 is 0 Å². The number of nitrogens with one attached hydrogen (secondary N) is 2. The van der Waals surface area contributed by atoms with Gasteiger partial charge < -0.3 is 9.72 Å². The van der Waals surface area contributed by atoms with Gasteiger partial charge in [0.2, 0.25) is 0 Å². The van der Waals surface area contributed by atoms with Crippen LogP contribution in [-0.2, 0) is 6.54 Å². The summed E-state index contributed by atoms with van der Waals surface area (Å²) in [4.78, 5) is 16.6. The second-order valence-corrected chi connectivity index (χ2v) is 12.6. The molecule has 0 radical (unpaired) electrons. The van der Waals surface area contributed by atoms with E-state index in [1.54, 1.807) is 23.5 Å². The minimum absolute atomic E-state index is 0.115. The van der Waals surface area contributed by atoms with Crippen molar-refractivity contribution in [3.63, 3.8) is 0 Å². The number of fused-ring (bicyclic) bond motifs is 2. The number of aromatic nitrogens is 5. The molecule has 6 aromatic rings. The Morgan fingerprint density at radius 3 is 2.60 bits per heavy atom. The van der Waals surface area contributed by atoms with Gasteiger partial charge in [-0.15, -0.1) is 0 Å². The summed E-state index contributed by atoms with van der Waals surface area (Å²) >= 11 is 0. The first-order chi connectivity index (χ1) is 22.9. The summed E-state index contributed by atoms with van der Waals surface area (Å²) in [5.74, 6) is -2.47. The Balaban J connectivity index is 1.08. The van der Waals surface area contributed by atoms with Crippen LogP contribution >= 0.6 is 0 Å². The number of nitrogens with zero attached hydrogens (tertiary/aromatic N) is 5. The van der Waals surface area contributed by atoms with Crippen LogP contribution in [0, 0.1) is 5.82 Å². The minimum atomic E-state index is -2.64. The topological polar surface area (TPSA) is 86.0 Å². The lowest BCUT2D eigenvalue weighted by molar-refractivity contribution is 0.0115. The highest BCUT2D eigenvalue weighted by Gasteiger charge is 2.38. The molecule has 47 heavy (non-hydrogen) atoms. The molecule has 2 aromatic carbocycles. The summed E-state index contributed by atoms with van der Waals surface area (Å²) in [7, 11) is 0. The third-order valence-electron chi connectivity index (χ3n) is 9.18. The fraction of sp³-hybridized carbons (Fsp3) is 0.306. The van der Waals surface area contributed by atoms with Crippen LogP contribution in [0.3, 0.4) is 0 Å². The lowest BCUT2D eigenvalue weighted by Crippen LogP contribution is -2.25. The third kappa shape index (κ3) is 6.20. The van der Waals surface area contributed by atoms with Gasteiger partial charge in [0, 0.05) is 78.1 Å². The molecule has 2 fully saturated rings. The van der Waals surface area contributed by atoms with Crippen molar-refractivity contribution < 1.29 is 17.9 Å². The van der Waals surface area contributed by atoms with E-state index in [2.05, 4.69) is 30.0 Å². The molecule has 0 amide bonds. The van der Waals surface area contributed by atoms with Crippen molar-refractivity contribution >= 4 is 21.9 Å². The summed E-state index contributed by atoms with van der Waals surface area (Å²) < 4.78 is 48.3. The Bertz CT molecular complexity index is 2070. The minimum Gasteiger partial charge on any atom is -0.492 e. The van der Waals surface area contributed by atoms with E-state index in [4.69, 9.17) is 4.74 Å². The van der Waals surface area contributed by atoms with E-state index < -0.39 is 5.92 Å². The molecule has 0 unspecified atom stereocenters. The van der Waals surface area contributed by atoms with E-state index in [0.717, 1.165) is 75.1 Å². The van der Waals surface area contributed by atoms with Crippen molar-refractivity contribution in [3.05, 3.63) is 84.6 Å². The molecular formula is C36H34F3N7O. The summed E-state index contributed by atoms with van der Waals surface area (Å²) in [6.07, 6.45) is 7.54. The Morgan fingerprint density at radius 2 is 1.74 bits per heavy atom. The lowest BCUT2D eigenvalue weighted by atomic mass is 10.0. The first kappa shape index (κ1) is 29.6. The highest BCUT2D eigenvalue weighted by Crippen LogP contribution is 2.36. The summed E-state index contributed by atoms with van der Waals surface area (Å²) in [6.45, 7) is 4.07. The van der Waals surface area contributed by atoms with Gasteiger partial charge in [0.15, 0.2) is 5.65 Å². The fourth-order valence-electron chi connectivity index (χ4n) is 6.84. The highest BCUT2D eigenvalue weighted by atomic mass is 19.3. The highest BCUT2D eigenvalue weighted by molar-refractivity contribution is 6.01. The second-order valence-electron chi connectivity index (χ2n) is 12.6. The fourth-order valence-corrected chi connectivity index (χ4v) is 6.84. The number of likely N-dealkylation sites (tertiary alicyclic amines) is 2. The predicted molar refractivity (Wildman–Crippen MR) is 176 cm³/mol. The molecule has 2 aliphatic heterocycles. The van der Waals surface area contributed by atoms with Crippen LogP contribution in [0.25, 0.3) is 55.6 Å². The van der Waals surface area contributed by atoms with Crippen LogP contribution in [0.4, 0.5) is 13.2 Å². The van der Waals surface area contributed by atoms with Gasteiger partial charge in [-0.3, -0.25) is 19.9 Å². The largest absolute Gasteiger partial charge is 0.492 e. The van der Waals surface area contributed by atoms with Crippen molar-refractivity contribution in [2.75, 3.05) is 39.3 Å². The van der Waals surface area contributed by atoms with Gasteiger partial charge in [0.25, 0.3) is 5.92 Å². The van der Waals surface area contributed by atoms with E-state index in [-0.39, 0.29) is 18.8 Å². The van der Waals surface area contributed by atoms with E-state index in [9.17, 15) is 13.2 Å². The van der Waals surface area contributed by atoms with Gasteiger partial charge in [0.05, 0.1) is 17.9 Å². The molecule has 0 bridgehead atoms. The average Bonchev–Trinajstić information content (AvgIpc) is 3.87. The number of hydrogen-bond donors (Lipinski definition) is 2. The van der Waals surface area contributed by atoms with Crippen LogP contribution in [-0.4, -0.2) is 80.2 Å². The van der Waals surface area contributed by atoms with E-state index in [1.807, 2.05) is 42.5 Å². The van der Waals surface area contributed by atoms with Crippen LogP contribution in [0.2, 0.25) is 0 Å². The molecule has 2 aliphatic rings. The van der Waals surface area contributed by atoms with Gasteiger partial charge in [-0.05, 0) is 79.0 Å². The standard InChI is InChI=1S/C36H34F3N7O/c37-27-13-24(14-28(16-27)47-11-10-45-7-1-2-8-45)29-4-3-5-32-30(29)17-33(42-32)34-31-15-26(20-41-35(31)44-43-34)25-12-23(18-40-19-25)21-46-9-6-36(38,39)22-46/h3-5,12-20,42H,1-2,6-11,21-22H2,(H,41,43,44). The number of hydrogen-bond acceptors (Lipinski definition) is 6. The molecule has 6 heterocycles. The Hall–Kier alpha value is -4.74. The van der Waals surface area contributed by atoms with Crippen LogP contribution in [0.5, 0.6) is 5.75 Å². The number of rotatable bonds is 9. The number of halogens is 3. The van der Waals surface area contributed by atoms with Crippen molar-refractivity contribution in [3.8, 4) is 39.4 Å². The summed E-state index contributed by atoms with van der Waals surface area (Å²) in [6, 6.07) is 16.8. The maximum atomic E-state index is 14.8. The third-order valence-corrected chi connectivity index (χ3v) is 9.18. The number of ether oxygens (including phenoxy) is 1. The lowest BCUT2D eigenvalue weighted by Gasteiger charge is -2.15. The Labute approximate surface area is 269 Å². The molecule has 0 atom stereocenters. The van der Waals surface area contributed by atoms with Gasteiger partial charge in [-0.2, -0.15) is 5.10 Å². The maximum absolute atomic E-state index is 14.8. The molecule has 2 saturated heterocycles. The van der Waals surface area contributed by atoms with Crippen LogP contribution in [0.1, 0.15) is 24.8 Å². The zero-order valence-electron chi connectivity index (χ0n) is 25.8. The molecule has 4 aromatic heterocycles. The maximum Gasteiger partial charge on any atom is 0.261 e. The van der Waals surface area contributed by atoms with Crippen molar-refractivity contribution in [1.29, 1.82) is 0 Å². The molecule has 2 N–H and O–H groups in total. The number of pyridine rings is 2. The molecule has 240 valence electrons. The number of benzene rings is 2. The van der Waals surface area contributed by atoms with E-state index in [1.165, 1.54) is 25.0 Å². The monoisotopic (exact) mass is 637 g/mol. The van der Waals surface area contributed by atoms with Crippen molar-refractivity contribution in [2.45, 2.75) is 31.7 Å². The van der Waals surface area contributed by atoms with Crippen molar-refractivity contribution in [1.82, 2.24) is 34.9 Å². The molecule has 8 rings (SSSR count). The second kappa shape index (κ2) is 12.1. The number of H-pyrrole nitrogens is 2. The van der Waals surface area contributed by atoms with E-state index in [0.29, 0.717) is 31.1 Å².